The van der Waals surface area contributed by atoms with Gasteiger partial charge < -0.3 is 14.4 Å². The van der Waals surface area contributed by atoms with Gasteiger partial charge in [0.1, 0.15) is 6.54 Å². The highest BCUT2D eigenvalue weighted by atomic mass is 16.5. The van der Waals surface area contributed by atoms with Gasteiger partial charge in [0.25, 0.3) is 11.5 Å². The number of benzene rings is 1. The van der Waals surface area contributed by atoms with Crippen LogP contribution in [0.25, 0.3) is 11.2 Å². The lowest BCUT2D eigenvalue weighted by Gasteiger charge is -2.08. The number of aromatic nitrogens is 4. The minimum atomic E-state index is -0.538. The number of aromatic hydroxyl groups is 1. The number of carbonyl (C=O) groups excluding carboxylic acids is 1. The van der Waals surface area contributed by atoms with E-state index in [0.29, 0.717) is 11.3 Å². The van der Waals surface area contributed by atoms with Gasteiger partial charge in [0.05, 0.1) is 19.1 Å². The lowest BCUT2D eigenvalue weighted by atomic mass is 10.1. The number of hydrogen-bond acceptors (Lipinski definition) is 7. The average Bonchev–Trinajstić information content (AvgIpc) is 3.12. The standard InChI is InChI=1S/C18H20N6O5/c1-10(11-5-6-12(25)13(7-11)29-4)20-21-14(26)8-24-9-19-16-15(24)17(27)23(3)18(28)22(16)2/h5-7,9,25H,8H2,1-4H3,(H,21,26)/b20-10+. The molecule has 152 valence electrons. The number of ether oxygens (including phenoxy) is 1. The van der Waals surface area contributed by atoms with Gasteiger partial charge in [-0.25, -0.2) is 15.2 Å². The maximum absolute atomic E-state index is 12.4. The van der Waals surface area contributed by atoms with Crippen molar-refractivity contribution in [2.45, 2.75) is 13.5 Å². The molecule has 0 spiro atoms. The number of aryl methyl sites for hydroxylation is 1. The fourth-order valence-corrected chi connectivity index (χ4v) is 2.82. The molecule has 29 heavy (non-hydrogen) atoms. The number of fused-ring (bicyclic) bond motifs is 1. The summed E-state index contributed by atoms with van der Waals surface area (Å²) in [6, 6.07) is 4.69. The van der Waals surface area contributed by atoms with E-state index in [2.05, 4.69) is 15.5 Å². The summed E-state index contributed by atoms with van der Waals surface area (Å²) in [4.78, 5) is 40.7. The van der Waals surface area contributed by atoms with Crippen molar-refractivity contribution in [1.82, 2.24) is 24.1 Å². The Morgan fingerprint density at radius 1 is 1.28 bits per heavy atom. The van der Waals surface area contributed by atoms with Crippen LogP contribution in [-0.4, -0.2) is 42.5 Å². The minimum Gasteiger partial charge on any atom is -0.504 e. The maximum Gasteiger partial charge on any atom is 0.332 e. The quantitative estimate of drug-likeness (QED) is 0.446. The van der Waals surface area contributed by atoms with Crippen LogP contribution in [0.3, 0.4) is 0 Å². The number of carbonyl (C=O) groups is 1. The third-order valence-electron chi connectivity index (χ3n) is 4.48. The first-order valence-corrected chi connectivity index (χ1v) is 8.56. The highest BCUT2D eigenvalue weighted by Gasteiger charge is 2.16. The number of hydrazone groups is 1. The number of phenols is 1. The first-order valence-electron chi connectivity index (χ1n) is 8.56. The van der Waals surface area contributed by atoms with Gasteiger partial charge in [-0.15, -0.1) is 0 Å². The SMILES string of the molecule is COc1cc(/C(C)=N/NC(=O)Cn2cnc3c2c(=O)n(C)c(=O)n3C)ccc1O. The lowest BCUT2D eigenvalue weighted by Crippen LogP contribution is -2.38. The Kier molecular flexibility index (Phi) is 5.22. The summed E-state index contributed by atoms with van der Waals surface area (Å²) in [6.07, 6.45) is 1.33. The summed E-state index contributed by atoms with van der Waals surface area (Å²) in [5, 5.41) is 13.7. The molecular formula is C18H20N6O5. The van der Waals surface area contributed by atoms with E-state index in [1.165, 1.54) is 42.7 Å². The molecule has 0 radical (unpaired) electrons. The Labute approximate surface area is 164 Å². The molecule has 11 nitrogen and oxygen atoms in total. The van der Waals surface area contributed by atoms with E-state index in [1.54, 1.807) is 19.1 Å². The van der Waals surface area contributed by atoms with Gasteiger partial charge in [0.2, 0.25) is 0 Å². The number of phenolic OH excluding ortho intramolecular Hbond substituents is 1. The molecule has 3 aromatic rings. The van der Waals surface area contributed by atoms with Crippen LogP contribution in [0, 0.1) is 0 Å². The second-order valence-electron chi connectivity index (χ2n) is 6.37. The lowest BCUT2D eigenvalue weighted by molar-refractivity contribution is -0.121. The monoisotopic (exact) mass is 400 g/mol. The van der Waals surface area contributed by atoms with E-state index in [-0.39, 0.29) is 29.2 Å². The first kappa shape index (κ1) is 19.9. The number of nitrogens with zero attached hydrogens (tertiary/aromatic N) is 5. The van der Waals surface area contributed by atoms with E-state index in [1.807, 2.05) is 0 Å². The molecule has 0 aliphatic rings. The molecule has 2 aromatic heterocycles. The molecule has 1 amide bonds. The molecule has 1 aromatic carbocycles. The fraction of sp³-hybridized carbons (Fsp3) is 0.278. The number of rotatable bonds is 5. The van der Waals surface area contributed by atoms with Crippen molar-refractivity contribution in [2.24, 2.45) is 19.2 Å². The van der Waals surface area contributed by atoms with Gasteiger partial charge in [0.15, 0.2) is 22.7 Å². The second-order valence-corrected chi connectivity index (χ2v) is 6.37. The van der Waals surface area contributed by atoms with Crippen LogP contribution in [-0.2, 0) is 25.4 Å². The van der Waals surface area contributed by atoms with Gasteiger partial charge >= 0.3 is 5.69 Å². The summed E-state index contributed by atoms with van der Waals surface area (Å²) in [5.41, 5.74) is 2.86. The predicted octanol–water partition coefficient (Wildman–Crippen LogP) is -0.312. The molecule has 0 saturated carbocycles. The Morgan fingerprint density at radius 2 is 2.00 bits per heavy atom. The summed E-state index contributed by atoms with van der Waals surface area (Å²) < 4.78 is 8.61. The van der Waals surface area contributed by atoms with Crippen LogP contribution >= 0.6 is 0 Å². The second kappa shape index (κ2) is 7.62. The largest absolute Gasteiger partial charge is 0.504 e. The number of methoxy groups -OCH3 is 1. The molecule has 2 heterocycles. The molecule has 0 aliphatic heterocycles. The molecule has 0 saturated heterocycles. The number of hydrogen-bond donors (Lipinski definition) is 2. The fourth-order valence-electron chi connectivity index (χ4n) is 2.82. The number of imidazole rings is 1. The summed E-state index contributed by atoms with van der Waals surface area (Å²) in [5.74, 6) is -0.198. The normalized spacial score (nSPS) is 11.7. The minimum absolute atomic E-state index is 0.00366. The van der Waals surface area contributed by atoms with Crippen LogP contribution in [0.15, 0.2) is 39.2 Å². The molecule has 0 fully saturated rings. The highest BCUT2D eigenvalue weighted by Crippen LogP contribution is 2.26. The van der Waals surface area contributed by atoms with Crippen molar-refractivity contribution < 1.29 is 14.6 Å². The molecule has 11 heteroatoms. The van der Waals surface area contributed by atoms with Crippen molar-refractivity contribution in [3.05, 3.63) is 50.9 Å². The van der Waals surface area contributed by atoms with E-state index in [4.69, 9.17) is 4.74 Å². The van der Waals surface area contributed by atoms with Gasteiger partial charge in [-0.3, -0.25) is 18.7 Å². The summed E-state index contributed by atoms with van der Waals surface area (Å²) in [7, 11) is 4.30. The van der Waals surface area contributed by atoms with Gasteiger partial charge in [-0.1, -0.05) is 0 Å². The topological polar surface area (TPSA) is 133 Å². The van der Waals surface area contributed by atoms with Gasteiger partial charge in [-0.2, -0.15) is 5.10 Å². The molecular weight excluding hydrogens is 380 g/mol. The Bertz CT molecular complexity index is 1250. The van der Waals surface area contributed by atoms with Gasteiger partial charge in [0, 0.05) is 19.7 Å². The molecule has 0 bridgehead atoms. The zero-order valence-electron chi connectivity index (χ0n) is 16.3. The molecule has 0 unspecified atom stereocenters. The van der Waals surface area contributed by atoms with Crippen molar-refractivity contribution in [1.29, 1.82) is 0 Å². The van der Waals surface area contributed by atoms with Crippen LogP contribution in [0.4, 0.5) is 0 Å². The van der Waals surface area contributed by atoms with Crippen molar-refractivity contribution in [3.63, 3.8) is 0 Å². The van der Waals surface area contributed by atoms with Crippen molar-refractivity contribution >= 4 is 22.8 Å². The van der Waals surface area contributed by atoms with Crippen LogP contribution in [0.1, 0.15) is 12.5 Å². The van der Waals surface area contributed by atoms with E-state index in [9.17, 15) is 19.5 Å². The number of nitrogens with one attached hydrogen (secondary N) is 1. The zero-order valence-corrected chi connectivity index (χ0v) is 16.3. The van der Waals surface area contributed by atoms with Crippen molar-refractivity contribution in [3.8, 4) is 11.5 Å². The summed E-state index contributed by atoms with van der Waals surface area (Å²) >= 11 is 0. The molecule has 0 atom stereocenters. The van der Waals surface area contributed by atoms with Crippen LogP contribution < -0.4 is 21.4 Å². The van der Waals surface area contributed by atoms with Crippen LogP contribution in [0.5, 0.6) is 11.5 Å². The average molecular weight is 400 g/mol. The summed E-state index contributed by atoms with van der Waals surface area (Å²) in [6.45, 7) is 1.48. The maximum atomic E-state index is 12.4. The van der Waals surface area contributed by atoms with Gasteiger partial charge in [-0.05, 0) is 25.1 Å². The molecule has 2 N–H and O–H groups in total. The third-order valence-corrected chi connectivity index (χ3v) is 4.48. The smallest absolute Gasteiger partial charge is 0.332 e. The Hall–Kier alpha value is -3.89. The first-order chi connectivity index (χ1) is 13.7. The predicted molar refractivity (Wildman–Crippen MR) is 105 cm³/mol. The zero-order chi connectivity index (χ0) is 21.3. The highest BCUT2D eigenvalue weighted by molar-refractivity contribution is 5.99. The Morgan fingerprint density at radius 3 is 2.69 bits per heavy atom. The molecule has 3 rings (SSSR count). The molecule has 0 aliphatic carbocycles. The van der Waals surface area contributed by atoms with E-state index >= 15 is 0 Å². The number of amides is 1. The van der Waals surface area contributed by atoms with E-state index < -0.39 is 17.2 Å². The third kappa shape index (κ3) is 3.61. The van der Waals surface area contributed by atoms with E-state index in [0.717, 1.165) is 4.57 Å². The Balaban J connectivity index is 1.82. The van der Waals surface area contributed by atoms with Crippen LogP contribution in [0.2, 0.25) is 0 Å². The van der Waals surface area contributed by atoms with Crippen molar-refractivity contribution in [2.75, 3.05) is 7.11 Å².